The van der Waals surface area contributed by atoms with Crippen molar-refractivity contribution in [1.29, 1.82) is 0 Å². The van der Waals surface area contributed by atoms with Crippen LogP contribution >= 0.6 is 0 Å². The molecule has 194 valence electrons. The zero-order valence-electron chi connectivity index (χ0n) is 21.3. The standard InChI is InChI=1S/C29H32N2O5S/c1-28(13-14-28)31-19-29(36-18-27(31)32)11-9-25(10-12-29)37(33,34)24-7-5-20(6-8-24)21-3-4-22-15-23(35-2)17-30-26(22)16-21/h3-8,15-17,25H,9-14,18-19H2,1-2H3. The Balaban J connectivity index is 1.16. The second-order valence-corrected chi connectivity index (χ2v) is 13.2. The molecule has 2 aromatic carbocycles. The van der Waals surface area contributed by atoms with Crippen LogP contribution in [0.2, 0.25) is 0 Å². The number of hydrogen-bond donors (Lipinski definition) is 0. The van der Waals surface area contributed by atoms with Crippen molar-refractivity contribution in [3.05, 3.63) is 54.7 Å². The van der Waals surface area contributed by atoms with Gasteiger partial charge in [0.15, 0.2) is 9.84 Å². The number of morpholine rings is 1. The Labute approximate surface area is 217 Å². The largest absolute Gasteiger partial charge is 0.495 e. The molecule has 0 radical (unpaired) electrons. The van der Waals surface area contributed by atoms with Crippen molar-refractivity contribution in [2.75, 3.05) is 20.3 Å². The third kappa shape index (κ3) is 4.40. The third-order valence-corrected chi connectivity index (χ3v) is 10.8. The van der Waals surface area contributed by atoms with E-state index in [0.29, 0.717) is 42.9 Å². The van der Waals surface area contributed by atoms with Crippen LogP contribution in [0.4, 0.5) is 0 Å². The molecular weight excluding hydrogens is 488 g/mol. The number of fused-ring (bicyclic) bond motifs is 1. The van der Waals surface area contributed by atoms with Gasteiger partial charge in [0.2, 0.25) is 5.91 Å². The van der Waals surface area contributed by atoms with E-state index in [-0.39, 0.29) is 18.1 Å². The number of hydrogen-bond acceptors (Lipinski definition) is 6. The Morgan fingerprint density at radius 2 is 1.70 bits per heavy atom. The number of methoxy groups -OCH3 is 1. The fraction of sp³-hybridized carbons (Fsp3) is 0.448. The van der Waals surface area contributed by atoms with E-state index in [0.717, 1.165) is 34.9 Å². The van der Waals surface area contributed by atoms with Gasteiger partial charge in [0.05, 0.1) is 41.1 Å². The van der Waals surface area contributed by atoms with Gasteiger partial charge in [-0.3, -0.25) is 9.78 Å². The topological polar surface area (TPSA) is 85.8 Å². The first-order valence-corrected chi connectivity index (χ1v) is 14.5. The lowest BCUT2D eigenvalue weighted by molar-refractivity contribution is -0.174. The average molecular weight is 521 g/mol. The molecule has 7 nitrogen and oxygen atoms in total. The summed E-state index contributed by atoms with van der Waals surface area (Å²) in [6, 6.07) is 15.1. The highest BCUT2D eigenvalue weighted by atomic mass is 32.2. The summed E-state index contributed by atoms with van der Waals surface area (Å²) in [5.74, 6) is 0.767. The number of aromatic nitrogens is 1. The summed E-state index contributed by atoms with van der Waals surface area (Å²) < 4.78 is 38.3. The van der Waals surface area contributed by atoms with Gasteiger partial charge in [-0.25, -0.2) is 8.42 Å². The molecule has 3 aliphatic rings. The lowest BCUT2D eigenvalue weighted by Gasteiger charge is -2.48. The van der Waals surface area contributed by atoms with Crippen LogP contribution < -0.4 is 4.74 Å². The first kappa shape index (κ1) is 24.4. The molecule has 1 spiro atoms. The molecule has 0 N–H and O–H groups in total. The first-order chi connectivity index (χ1) is 17.7. The summed E-state index contributed by atoms with van der Waals surface area (Å²) in [6.07, 6.45) is 6.16. The molecule has 0 unspecified atom stereocenters. The minimum Gasteiger partial charge on any atom is -0.495 e. The van der Waals surface area contributed by atoms with Crippen molar-refractivity contribution >= 4 is 26.6 Å². The summed E-state index contributed by atoms with van der Waals surface area (Å²) in [5, 5.41) is 0.549. The molecule has 37 heavy (non-hydrogen) atoms. The van der Waals surface area contributed by atoms with E-state index in [1.165, 1.54) is 0 Å². The normalized spacial score (nSPS) is 25.4. The number of nitrogens with zero attached hydrogens (tertiary/aromatic N) is 2. The highest BCUT2D eigenvalue weighted by Crippen LogP contribution is 2.46. The van der Waals surface area contributed by atoms with Gasteiger partial charge in [-0.05, 0) is 80.8 Å². The Morgan fingerprint density at radius 1 is 1.00 bits per heavy atom. The van der Waals surface area contributed by atoms with Crippen LogP contribution in [0.5, 0.6) is 5.75 Å². The number of carbonyl (C=O) groups is 1. The van der Waals surface area contributed by atoms with E-state index in [2.05, 4.69) is 11.9 Å². The Bertz CT molecular complexity index is 1460. The number of rotatable bonds is 5. The van der Waals surface area contributed by atoms with E-state index < -0.39 is 20.7 Å². The van der Waals surface area contributed by atoms with Gasteiger partial charge < -0.3 is 14.4 Å². The molecule has 2 aliphatic carbocycles. The van der Waals surface area contributed by atoms with Crippen molar-refractivity contribution in [3.8, 4) is 16.9 Å². The van der Waals surface area contributed by atoms with Gasteiger partial charge in [-0.1, -0.05) is 24.3 Å². The van der Waals surface area contributed by atoms with Crippen LogP contribution in [-0.4, -0.2) is 60.9 Å². The summed E-state index contributed by atoms with van der Waals surface area (Å²) in [6.45, 7) is 2.82. The van der Waals surface area contributed by atoms with Gasteiger partial charge >= 0.3 is 0 Å². The highest BCUT2D eigenvalue weighted by Gasteiger charge is 2.53. The van der Waals surface area contributed by atoms with E-state index in [4.69, 9.17) is 9.47 Å². The van der Waals surface area contributed by atoms with Crippen molar-refractivity contribution in [1.82, 2.24) is 9.88 Å². The van der Waals surface area contributed by atoms with Crippen molar-refractivity contribution in [3.63, 3.8) is 0 Å². The molecule has 3 aromatic rings. The van der Waals surface area contributed by atoms with Crippen LogP contribution in [-0.2, 0) is 19.4 Å². The molecular formula is C29H32N2O5S. The molecule has 0 bridgehead atoms. The van der Waals surface area contributed by atoms with E-state index in [9.17, 15) is 13.2 Å². The zero-order valence-corrected chi connectivity index (χ0v) is 22.1. The molecule has 1 amide bonds. The summed E-state index contributed by atoms with van der Waals surface area (Å²) in [5.41, 5.74) is 2.32. The summed E-state index contributed by atoms with van der Waals surface area (Å²) in [7, 11) is -1.84. The fourth-order valence-corrected chi connectivity index (χ4v) is 7.57. The average Bonchev–Trinajstić information content (AvgIpc) is 3.68. The van der Waals surface area contributed by atoms with Crippen LogP contribution in [0.15, 0.2) is 59.6 Å². The first-order valence-electron chi connectivity index (χ1n) is 12.9. The molecule has 2 heterocycles. The molecule has 1 aromatic heterocycles. The molecule has 3 fully saturated rings. The Morgan fingerprint density at radius 3 is 2.38 bits per heavy atom. The summed E-state index contributed by atoms with van der Waals surface area (Å²) >= 11 is 0. The second kappa shape index (κ2) is 8.81. The molecule has 6 rings (SSSR count). The number of benzene rings is 2. The quantitative estimate of drug-likeness (QED) is 0.482. The molecule has 0 atom stereocenters. The lowest BCUT2D eigenvalue weighted by Crippen LogP contribution is -2.59. The smallest absolute Gasteiger partial charge is 0.249 e. The SMILES string of the molecule is COc1cnc2cc(-c3ccc(S(=O)(=O)C4CCC5(CC4)CN(C4(C)CC4)C(=O)CO5)cc3)ccc2c1. The van der Waals surface area contributed by atoms with Crippen molar-refractivity contribution in [2.45, 2.75) is 66.7 Å². The lowest BCUT2D eigenvalue weighted by atomic mass is 9.82. The zero-order chi connectivity index (χ0) is 25.8. The maximum atomic E-state index is 13.5. The number of amides is 1. The summed E-state index contributed by atoms with van der Waals surface area (Å²) in [4.78, 5) is 19.2. The maximum absolute atomic E-state index is 13.5. The molecule has 2 saturated carbocycles. The van der Waals surface area contributed by atoms with E-state index in [1.54, 1.807) is 25.4 Å². The van der Waals surface area contributed by atoms with Crippen LogP contribution in [0, 0.1) is 0 Å². The predicted molar refractivity (Wildman–Crippen MR) is 141 cm³/mol. The Hall–Kier alpha value is -2.97. The number of carbonyl (C=O) groups excluding carboxylic acids is 1. The number of ether oxygens (including phenoxy) is 2. The van der Waals surface area contributed by atoms with Gasteiger partial charge in [-0.15, -0.1) is 0 Å². The Kier molecular flexibility index (Phi) is 5.80. The molecule has 1 aliphatic heterocycles. The number of pyridine rings is 1. The van der Waals surface area contributed by atoms with Gasteiger partial charge in [0.25, 0.3) is 0 Å². The molecule has 8 heteroatoms. The predicted octanol–water partition coefficient (Wildman–Crippen LogP) is 4.78. The number of sulfone groups is 1. The second-order valence-electron chi connectivity index (χ2n) is 11.0. The fourth-order valence-electron chi connectivity index (χ4n) is 5.81. The van der Waals surface area contributed by atoms with E-state index >= 15 is 0 Å². The maximum Gasteiger partial charge on any atom is 0.249 e. The monoisotopic (exact) mass is 520 g/mol. The van der Waals surface area contributed by atoms with Gasteiger partial charge in [0, 0.05) is 10.9 Å². The highest BCUT2D eigenvalue weighted by molar-refractivity contribution is 7.92. The minimum absolute atomic E-state index is 0.0352. The van der Waals surface area contributed by atoms with E-state index in [1.807, 2.05) is 41.3 Å². The van der Waals surface area contributed by atoms with Gasteiger partial charge in [-0.2, -0.15) is 0 Å². The van der Waals surface area contributed by atoms with Crippen LogP contribution in [0.3, 0.4) is 0 Å². The van der Waals surface area contributed by atoms with Crippen molar-refractivity contribution in [2.24, 2.45) is 0 Å². The molecule has 1 saturated heterocycles. The van der Waals surface area contributed by atoms with Gasteiger partial charge in [0.1, 0.15) is 12.4 Å². The van der Waals surface area contributed by atoms with Crippen LogP contribution in [0.25, 0.3) is 22.0 Å². The third-order valence-electron chi connectivity index (χ3n) is 8.57. The minimum atomic E-state index is -3.46. The van der Waals surface area contributed by atoms with Crippen LogP contribution in [0.1, 0.15) is 45.4 Å². The van der Waals surface area contributed by atoms with Crippen molar-refractivity contribution < 1.29 is 22.7 Å².